The lowest BCUT2D eigenvalue weighted by Gasteiger charge is -2.11. The largest absolute Gasteiger partial charge is 0.497 e. The highest BCUT2D eigenvalue weighted by atomic mass is 32.2. The van der Waals surface area contributed by atoms with Gasteiger partial charge in [-0.3, -0.25) is 9.52 Å². The second-order valence-electron chi connectivity index (χ2n) is 7.96. The number of H-pyrrole nitrogens is 1. The van der Waals surface area contributed by atoms with Gasteiger partial charge in [-0.15, -0.1) is 0 Å². The third-order valence-corrected chi connectivity index (χ3v) is 6.99. The Morgan fingerprint density at radius 2 is 1.56 bits per heavy atom. The molecule has 5 aromatic rings. The summed E-state index contributed by atoms with van der Waals surface area (Å²) in [7, 11) is -2.27. The number of amides is 1. The molecule has 0 aliphatic heterocycles. The van der Waals surface area contributed by atoms with Crippen LogP contribution in [-0.2, 0) is 10.0 Å². The zero-order valence-electron chi connectivity index (χ0n) is 19.2. The molecule has 3 N–H and O–H groups in total. The van der Waals surface area contributed by atoms with Gasteiger partial charge in [0.2, 0.25) is 0 Å². The van der Waals surface area contributed by atoms with E-state index in [1.54, 1.807) is 42.5 Å². The van der Waals surface area contributed by atoms with Crippen LogP contribution >= 0.6 is 0 Å². The molecule has 1 aromatic heterocycles. The summed E-state index contributed by atoms with van der Waals surface area (Å²) in [5.41, 5.74) is 3.81. The maximum atomic E-state index is 13.0. The maximum Gasteiger partial charge on any atom is 0.261 e. The van der Waals surface area contributed by atoms with Crippen molar-refractivity contribution in [1.29, 1.82) is 0 Å². The highest BCUT2D eigenvalue weighted by Gasteiger charge is 2.16. The van der Waals surface area contributed by atoms with E-state index in [1.807, 2.05) is 42.5 Å². The number of benzene rings is 4. The lowest BCUT2D eigenvalue weighted by molar-refractivity contribution is 0.102. The quantitative estimate of drug-likeness (QED) is 0.282. The molecule has 0 unspecified atom stereocenters. The number of para-hydroxylation sites is 3. The summed E-state index contributed by atoms with van der Waals surface area (Å²) in [5, 5.41) is 2.92. The Balaban J connectivity index is 1.32. The number of carbonyl (C=O) groups excluding carboxylic acids is 1. The molecular weight excluding hydrogens is 476 g/mol. The topological polar surface area (TPSA) is 113 Å². The van der Waals surface area contributed by atoms with Crippen molar-refractivity contribution in [3.8, 4) is 17.1 Å². The lowest BCUT2D eigenvalue weighted by atomic mass is 10.1. The molecule has 1 heterocycles. The fourth-order valence-corrected chi connectivity index (χ4v) is 4.79. The monoisotopic (exact) mass is 498 g/mol. The first kappa shape index (κ1) is 23.1. The number of sulfonamides is 1. The van der Waals surface area contributed by atoms with Crippen molar-refractivity contribution in [2.45, 2.75) is 4.90 Å². The summed E-state index contributed by atoms with van der Waals surface area (Å²) < 4.78 is 32.9. The van der Waals surface area contributed by atoms with Gasteiger partial charge in [0.15, 0.2) is 0 Å². The molecule has 8 nitrogen and oxygen atoms in total. The van der Waals surface area contributed by atoms with Crippen LogP contribution in [0.3, 0.4) is 0 Å². The zero-order valence-corrected chi connectivity index (χ0v) is 20.0. The molecule has 4 aromatic carbocycles. The van der Waals surface area contributed by atoms with Gasteiger partial charge in [0.1, 0.15) is 11.6 Å². The van der Waals surface area contributed by atoms with Crippen LogP contribution in [0.4, 0.5) is 11.4 Å². The molecule has 36 heavy (non-hydrogen) atoms. The molecule has 0 spiro atoms. The molecule has 0 atom stereocenters. The summed E-state index contributed by atoms with van der Waals surface area (Å²) in [6.07, 6.45) is 0. The second-order valence-corrected chi connectivity index (χ2v) is 9.64. The van der Waals surface area contributed by atoms with Gasteiger partial charge >= 0.3 is 0 Å². The highest BCUT2D eigenvalue weighted by Crippen LogP contribution is 2.28. The number of aromatic nitrogens is 2. The van der Waals surface area contributed by atoms with Gasteiger partial charge in [-0.1, -0.05) is 24.3 Å². The highest BCUT2D eigenvalue weighted by molar-refractivity contribution is 7.92. The lowest BCUT2D eigenvalue weighted by Crippen LogP contribution is -2.14. The molecule has 0 aliphatic carbocycles. The number of carbonyl (C=O) groups is 1. The molecule has 0 fully saturated rings. The molecule has 1 amide bonds. The molecule has 5 rings (SSSR count). The van der Waals surface area contributed by atoms with E-state index in [9.17, 15) is 13.2 Å². The predicted molar refractivity (Wildman–Crippen MR) is 140 cm³/mol. The molecule has 9 heteroatoms. The van der Waals surface area contributed by atoms with E-state index < -0.39 is 10.0 Å². The molecule has 0 saturated heterocycles. The van der Waals surface area contributed by atoms with Gasteiger partial charge in [-0.05, 0) is 72.8 Å². The van der Waals surface area contributed by atoms with E-state index in [-0.39, 0.29) is 10.8 Å². The van der Waals surface area contributed by atoms with Crippen molar-refractivity contribution in [2.24, 2.45) is 0 Å². The Labute approximate surface area is 208 Å². The smallest absolute Gasteiger partial charge is 0.261 e. The average molecular weight is 499 g/mol. The van der Waals surface area contributed by atoms with Crippen LogP contribution < -0.4 is 14.8 Å². The zero-order chi connectivity index (χ0) is 25.1. The standard InChI is InChI=1S/C27H22N4O4S/c1-35-20-14-16-21(17-15-20)36(33,34)31-19-12-10-18(11-13-19)27(32)30-23-7-3-2-6-22(23)26-28-24-8-4-5-9-25(24)29-26/h2-17,31H,1H3,(H,28,29)(H,30,32). The van der Waals surface area contributed by atoms with E-state index in [2.05, 4.69) is 20.0 Å². The molecule has 0 aliphatic rings. The van der Waals surface area contributed by atoms with Gasteiger partial charge < -0.3 is 15.0 Å². The number of ether oxygens (including phenoxy) is 1. The number of fused-ring (bicyclic) bond motifs is 1. The molecule has 0 bridgehead atoms. The second kappa shape index (κ2) is 9.55. The van der Waals surface area contributed by atoms with Gasteiger partial charge in [0.05, 0.1) is 28.7 Å². The van der Waals surface area contributed by atoms with E-state index in [4.69, 9.17) is 4.74 Å². The van der Waals surface area contributed by atoms with Crippen molar-refractivity contribution in [1.82, 2.24) is 9.97 Å². The normalized spacial score (nSPS) is 11.2. The first-order chi connectivity index (χ1) is 17.4. The van der Waals surface area contributed by atoms with E-state index in [0.29, 0.717) is 28.5 Å². The number of anilines is 2. The van der Waals surface area contributed by atoms with Crippen molar-refractivity contribution in [3.05, 3.63) is 103 Å². The summed E-state index contributed by atoms with van der Waals surface area (Å²) in [4.78, 5) is 21.0. The Kier molecular flexibility index (Phi) is 6.14. The number of imidazole rings is 1. The van der Waals surface area contributed by atoms with Crippen LogP contribution in [-0.4, -0.2) is 31.4 Å². The molecule has 0 saturated carbocycles. The average Bonchev–Trinajstić information content (AvgIpc) is 3.33. The van der Waals surface area contributed by atoms with Crippen LogP contribution in [0, 0.1) is 0 Å². The van der Waals surface area contributed by atoms with Crippen LogP contribution in [0.15, 0.2) is 102 Å². The van der Waals surface area contributed by atoms with Crippen LogP contribution in [0.25, 0.3) is 22.4 Å². The molecular formula is C27H22N4O4S. The van der Waals surface area contributed by atoms with Crippen LogP contribution in [0.2, 0.25) is 0 Å². The molecule has 180 valence electrons. The minimum absolute atomic E-state index is 0.104. The van der Waals surface area contributed by atoms with Crippen molar-refractivity contribution >= 4 is 38.3 Å². The predicted octanol–water partition coefficient (Wildman–Crippen LogP) is 5.29. The molecule has 0 radical (unpaired) electrons. The minimum Gasteiger partial charge on any atom is -0.497 e. The van der Waals surface area contributed by atoms with Crippen molar-refractivity contribution in [3.63, 3.8) is 0 Å². The van der Waals surface area contributed by atoms with E-state index >= 15 is 0 Å². The number of aromatic amines is 1. The first-order valence-electron chi connectivity index (χ1n) is 11.1. The van der Waals surface area contributed by atoms with E-state index in [0.717, 1.165) is 16.6 Å². The minimum atomic E-state index is -3.78. The third-order valence-electron chi connectivity index (χ3n) is 5.59. The fourth-order valence-electron chi connectivity index (χ4n) is 3.73. The van der Waals surface area contributed by atoms with Gasteiger partial charge in [0.25, 0.3) is 15.9 Å². The fraction of sp³-hybridized carbons (Fsp3) is 0.0370. The summed E-state index contributed by atoms with van der Waals surface area (Å²) in [6, 6.07) is 27.4. The maximum absolute atomic E-state index is 13.0. The summed E-state index contributed by atoms with van der Waals surface area (Å²) in [6.45, 7) is 0. The number of nitrogens with zero attached hydrogens (tertiary/aromatic N) is 1. The Hall–Kier alpha value is -4.63. The van der Waals surface area contributed by atoms with Crippen LogP contribution in [0.5, 0.6) is 5.75 Å². The number of nitrogens with one attached hydrogen (secondary N) is 3. The number of methoxy groups -OCH3 is 1. The number of hydrogen-bond donors (Lipinski definition) is 3. The van der Waals surface area contributed by atoms with Crippen molar-refractivity contribution < 1.29 is 17.9 Å². The summed E-state index contributed by atoms with van der Waals surface area (Å²) in [5.74, 6) is 0.879. The Morgan fingerprint density at radius 1 is 0.861 bits per heavy atom. The van der Waals surface area contributed by atoms with Crippen molar-refractivity contribution in [2.75, 3.05) is 17.1 Å². The first-order valence-corrected chi connectivity index (χ1v) is 12.5. The van der Waals surface area contributed by atoms with E-state index in [1.165, 1.54) is 19.2 Å². The van der Waals surface area contributed by atoms with Crippen LogP contribution in [0.1, 0.15) is 10.4 Å². The Morgan fingerprint density at radius 3 is 2.28 bits per heavy atom. The Bertz CT molecular complexity index is 1610. The summed E-state index contributed by atoms with van der Waals surface area (Å²) >= 11 is 0. The SMILES string of the molecule is COc1ccc(S(=O)(=O)Nc2ccc(C(=O)Nc3ccccc3-c3nc4ccccc4[nH]3)cc2)cc1. The van der Waals surface area contributed by atoms with Gasteiger partial charge in [-0.25, -0.2) is 13.4 Å². The van der Waals surface area contributed by atoms with Gasteiger partial charge in [0, 0.05) is 16.8 Å². The number of rotatable bonds is 7. The van der Waals surface area contributed by atoms with Gasteiger partial charge in [-0.2, -0.15) is 0 Å². The third kappa shape index (κ3) is 4.77. The number of hydrogen-bond acceptors (Lipinski definition) is 5.